The largest absolute Gasteiger partial charge is 0.505 e. The van der Waals surface area contributed by atoms with Gasteiger partial charge in [-0.15, -0.1) is 0 Å². The van der Waals surface area contributed by atoms with Crippen LogP contribution in [0.25, 0.3) is 0 Å². The van der Waals surface area contributed by atoms with Crippen LogP contribution in [-0.2, 0) is 4.79 Å². The van der Waals surface area contributed by atoms with E-state index in [-0.39, 0.29) is 29.5 Å². The van der Waals surface area contributed by atoms with Gasteiger partial charge in [0, 0.05) is 19.2 Å². The lowest BCUT2D eigenvalue weighted by atomic mass is 10.1. The van der Waals surface area contributed by atoms with Crippen LogP contribution in [0.3, 0.4) is 0 Å². The van der Waals surface area contributed by atoms with Crippen molar-refractivity contribution < 1.29 is 14.7 Å². The van der Waals surface area contributed by atoms with Gasteiger partial charge in [0.15, 0.2) is 5.78 Å². The molecule has 1 fully saturated rings. The van der Waals surface area contributed by atoms with Gasteiger partial charge < -0.3 is 10.0 Å². The van der Waals surface area contributed by atoms with Gasteiger partial charge in [0.25, 0.3) is 5.91 Å². The molecule has 0 bridgehead atoms. The number of hydrogen-bond acceptors (Lipinski definition) is 4. The number of pyridine rings is 1. The fourth-order valence-electron chi connectivity index (χ4n) is 1.75. The summed E-state index contributed by atoms with van der Waals surface area (Å²) < 4.78 is 0. The number of piperidine rings is 1. The maximum absolute atomic E-state index is 12.0. The maximum Gasteiger partial charge on any atom is 0.258 e. The van der Waals surface area contributed by atoms with Crippen LogP contribution in [0.1, 0.15) is 23.2 Å². The van der Waals surface area contributed by atoms with Crippen molar-refractivity contribution in [2.75, 3.05) is 13.1 Å². The molecular formula is C11H12N2O3. The van der Waals surface area contributed by atoms with Crippen LogP contribution in [0, 0.1) is 0 Å². The molecule has 5 nitrogen and oxygen atoms in total. The molecule has 5 heteroatoms. The lowest BCUT2D eigenvalue weighted by molar-refractivity contribution is -0.121. The highest BCUT2D eigenvalue weighted by Crippen LogP contribution is 2.18. The van der Waals surface area contributed by atoms with Crippen molar-refractivity contribution >= 4 is 11.7 Å². The number of likely N-dealkylation sites (tertiary alicyclic amines) is 1. The first kappa shape index (κ1) is 10.6. The normalized spacial score (nSPS) is 16.2. The molecule has 0 radical (unpaired) electrons. The monoisotopic (exact) mass is 220 g/mol. The summed E-state index contributed by atoms with van der Waals surface area (Å²) in [7, 11) is 0. The van der Waals surface area contributed by atoms with Gasteiger partial charge in [-0.2, -0.15) is 0 Å². The number of rotatable bonds is 1. The highest BCUT2D eigenvalue weighted by atomic mass is 16.3. The Morgan fingerprint density at radius 1 is 1.50 bits per heavy atom. The summed E-state index contributed by atoms with van der Waals surface area (Å²) in [5, 5.41) is 9.48. The third-order valence-electron chi connectivity index (χ3n) is 2.57. The smallest absolute Gasteiger partial charge is 0.258 e. The SMILES string of the molecule is O=C1CCCN(C(=O)c2ccncc2O)C1. The van der Waals surface area contributed by atoms with Gasteiger partial charge in [0.1, 0.15) is 5.75 Å². The number of Topliss-reactive ketones (excluding diaryl/α,β-unsaturated/α-hetero) is 1. The quantitative estimate of drug-likeness (QED) is 0.752. The Morgan fingerprint density at radius 2 is 2.31 bits per heavy atom. The van der Waals surface area contributed by atoms with Gasteiger partial charge in [-0.25, -0.2) is 0 Å². The lowest BCUT2D eigenvalue weighted by Crippen LogP contribution is -2.40. The van der Waals surface area contributed by atoms with E-state index in [1.807, 2.05) is 0 Å². The molecule has 1 aromatic rings. The molecule has 84 valence electrons. The molecule has 0 aromatic carbocycles. The van der Waals surface area contributed by atoms with Crippen molar-refractivity contribution in [1.82, 2.24) is 9.88 Å². The van der Waals surface area contributed by atoms with Crippen LogP contribution < -0.4 is 0 Å². The van der Waals surface area contributed by atoms with Crippen LogP contribution in [0.4, 0.5) is 0 Å². The molecular weight excluding hydrogens is 208 g/mol. The fraction of sp³-hybridized carbons (Fsp3) is 0.364. The number of aromatic hydroxyl groups is 1. The summed E-state index contributed by atoms with van der Waals surface area (Å²) in [5.74, 6) is -0.397. The molecule has 1 aromatic heterocycles. The molecule has 0 atom stereocenters. The zero-order valence-electron chi connectivity index (χ0n) is 8.72. The minimum atomic E-state index is -0.312. The molecule has 16 heavy (non-hydrogen) atoms. The highest BCUT2D eigenvalue weighted by Gasteiger charge is 2.24. The molecule has 1 amide bonds. The summed E-state index contributed by atoms with van der Waals surface area (Å²) in [4.78, 5) is 28.3. The summed E-state index contributed by atoms with van der Waals surface area (Å²) in [6.07, 6.45) is 3.89. The fourth-order valence-corrected chi connectivity index (χ4v) is 1.75. The molecule has 0 spiro atoms. The Labute approximate surface area is 92.7 Å². The van der Waals surface area contributed by atoms with E-state index < -0.39 is 0 Å². The summed E-state index contributed by atoms with van der Waals surface area (Å²) in [6, 6.07) is 1.46. The number of nitrogens with zero attached hydrogens (tertiary/aromatic N) is 2. The van der Waals surface area contributed by atoms with Crippen molar-refractivity contribution in [3.8, 4) is 5.75 Å². The van der Waals surface area contributed by atoms with E-state index >= 15 is 0 Å². The lowest BCUT2D eigenvalue weighted by Gasteiger charge is -2.25. The predicted octanol–water partition coefficient (Wildman–Crippen LogP) is 0.592. The number of aromatic nitrogens is 1. The average Bonchev–Trinajstić information content (AvgIpc) is 2.29. The van der Waals surface area contributed by atoms with Gasteiger partial charge in [0.2, 0.25) is 0 Å². The second-order valence-corrected chi connectivity index (χ2v) is 3.76. The molecule has 1 saturated heterocycles. The van der Waals surface area contributed by atoms with Crippen LogP contribution in [0.2, 0.25) is 0 Å². The molecule has 1 N–H and O–H groups in total. The second-order valence-electron chi connectivity index (χ2n) is 3.76. The standard InChI is InChI=1S/C11H12N2O3/c14-8-2-1-5-13(7-8)11(16)9-3-4-12-6-10(9)15/h3-4,6,15H,1-2,5,7H2. The van der Waals surface area contributed by atoms with E-state index in [2.05, 4.69) is 4.98 Å². The van der Waals surface area contributed by atoms with Crippen molar-refractivity contribution in [3.63, 3.8) is 0 Å². The predicted molar refractivity (Wildman–Crippen MR) is 56.0 cm³/mol. The minimum absolute atomic E-state index is 0.0631. The topological polar surface area (TPSA) is 70.5 Å². The molecule has 2 rings (SSSR count). The Morgan fingerprint density at radius 3 is 3.00 bits per heavy atom. The van der Waals surface area contributed by atoms with Crippen LogP contribution in [-0.4, -0.2) is 39.8 Å². The third kappa shape index (κ3) is 2.03. The van der Waals surface area contributed by atoms with E-state index in [9.17, 15) is 14.7 Å². The summed E-state index contributed by atoms with van der Waals surface area (Å²) in [6.45, 7) is 0.701. The summed E-state index contributed by atoms with van der Waals surface area (Å²) in [5.41, 5.74) is 0.199. The Kier molecular flexibility index (Phi) is 2.85. The van der Waals surface area contributed by atoms with Gasteiger partial charge in [-0.3, -0.25) is 14.6 Å². The first-order valence-corrected chi connectivity index (χ1v) is 5.12. The van der Waals surface area contributed by atoms with Gasteiger partial charge in [0.05, 0.1) is 18.3 Å². The second kappa shape index (κ2) is 4.30. The highest BCUT2D eigenvalue weighted by molar-refractivity contribution is 5.99. The zero-order valence-corrected chi connectivity index (χ0v) is 8.72. The number of ketones is 1. The van der Waals surface area contributed by atoms with Crippen molar-refractivity contribution in [3.05, 3.63) is 24.0 Å². The molecule has 0 aliphatic carbocycles. The molecule has 0 saturated carbocycles. The van der Waals surface area contributed by atoms with Gasteiger partial charge in [-0.1, -0.05) is 0 Å². The molecule has 2 heterocycles. The Hall–Kier alpha value is -1.91. The van der Waals surface area contributed by atoms with E-state index in [1.54, 1.807) is 0 Å². The maximum atomic E-state index is 12.0. The number of hydrogen-bond donors (Lipinski definition) is 1. The third-order valence-corrected chi connectivity index (χ3v) is 2.57. The molecule has 0 unspecified atom stereocenters. The molecule has 1 aliphatic heterocycles. The minimum Gasteiger partial charge on any atom is -0.505 e. The first-order chi connectivity index (χ1) is 7.68. The van der Waals surface area contributed by atoms with Gasteiger partial charge in [-0.05, 0) is 12.5 Å². The van der Waals surface area contributed by atoms with E-state index in [0.717, 1.165) is 0 Å². The van der Waals surface area contributed by atoms with E-state index in [0.29, 0.717) is 19.4 Å². The number of amides is 1. The molecule has 1 aliphatic rings. The Bertz CT molecular complexity index is 431. The van der Waals surface area contributed by atoms with Crippen LogP contribution in [0.5, 0.6) is 5.75 Å². The first-order valence-electron chi connectivity index (χ1n) is 5.12. The van der Waals surface area contributed by atoms with E-state index in [1.165, 1.54) is 23.4 Å². The number of carbonyl (C=O) groups is 2. The van der Waals surface area contributed by atoms with Crippen molar-refractivity contribution in [2.24, 2.45) is 0 Å². The van der Waals surface area contributed by atoms with E-state index in [4.69, 9.17) is 0 Å². The van der Waals surface area contributed by atoms with Gasteiger partial charge >= 0.3 is 0 Å². The van der Waals surface area contributed by atoms with Crippen molar-refractivity contribution in [2.45, 2.75) is 12.8 Å². The summed E-state index contributed by atoms with van der Waals surface area (Å²) >= 11 is 0. The number of carbonyl (C=O) groups excluding carboxylic acids is 2. The van der Waals surface area contributed by atoms with Crippen LogP contribution in [0.15, 0.2) is 18.5 Å². The van der Waals surface area contributed by atoms with Crippen LogP contribution >= 0.6 is 0 Å². The average molecular weight is 220 g/mol. The zero-order chi connectivity index (χ0) is 11.5. The van der Waals surface area contributed by atoms with Crippen molar-refractivity contribution in [1.29, 1.82) is 0 Å². The Balaban J connectivity index is 2.19.